The molecule has 0 saturated heterocycles. The van der Waals surface area contributed by atoms with Crippen LogP contribution in [0.3, 0.4) is 0 Å². The fourth-order valence-corrected chi connectivity index (χ4v) is 3.13. The van der Waals surface area contributed by atoms with Crippen LogP contribution in [0.4, 0.5) is 5.69 Å². The van der Waals surface area contributed by atoms with Crippen molar-refractivity contribution in [3.63, 3.8) is 0 Å². The van der Waals surface area contributed by atoms with Crippen LogP contribution >= 0.6 is 0 Å². The van der Waals surface area contributed by atoms with Crippen molar-refractivity contribution in [2.24, 2.45) is 0 Å². The SMILES string of the molecule is COC(=O)C1=C(C)NC(C)=C(C(=O)OCC(C)O)[C@@H]1c1ccccc1[N+](=O)[O-]. The minimum Gasteiger partial charge on any atom is -0.466 e. The van der Waals surface area contributed by atoms with Crippen molar-refractivity contribution in [3.05, 3.63) is 62.5 Å². The first-order valence-electron chi connectivity index (χ1n) is 8.54. The molecule has 0 aromatic heterocycles. The number of aliphatic hydroxyl groups is 1. The molecule has 1 aliphatic rings. The van der Waals surface area contributed by atoms with Gasteiger partial charge in [0.25, 0.3) is 5.69 Å². The van der Waals surface area contributed by atoms with E-state index in [1.807, 2.05) is 0 Å². The number of carbonyl (C=O) groups is 2. The van der Waals surface area contributed by atoms with Gasteiger partial charge < -0.3 is 19.9 Å². The molecule has 1 heterocycles. The summed E-state index contributed by atoms with van der Waals surface area (Å²) in [5, 5.41) is 23.9. The Hall–Kier alpha value is -3.20. The number of methoxy groups -OCH3 is 1. The predicted molar refractivity (Wildman–Crippen MR) is 99.0 cm³/mol. The highest BCUT2D eigenvalue weighted by atomic mass is 16.6. The Kier molecular flexibility index (Phi) is 6.53. The number of aliphatic hydroxyl groups excluding tert-OH is 1. The lowest BCUT2D eigenvalue weighted by molar-refractivity contribution is -0.385. The van der Waals surface area contributed by atoms with Gasteiger partial charge in [-0.2, -0.15) is 0 Å². The van der Waals surface area contributed by atoms with E-state index >= 15 is 0 Å². The summed E-state index contributed by atoms with van der Waals surface area (Å²) in [6, 6.07) is 5.87. The van der Waals surface area contributed by atoms with Crippen molar-refractivity contribution in [2.45, 2.75) is 32.8 Å². The summed E-state index contributed by atoms with van der Waals surface area (Å²) in [5.74, 6) is -2.57. The Bertz CT molecular complexity index is 871. The number of carbonyl (C=O) groups excluding carboxylic acids is 2. The maximum atomic E-state index is 12.8. The highest BCUT2D eigenvalue weighted by Crippen LogP contribution is 2.42. The van der Waals surface area contributed by atoms with Crippen LogP contribution in [0.1, 0.15) is 32.3 Å². The van der Waals surface area contributed by atoms with Crippen LogP contribution < -0.4 is 5.32 Å². The topological polar surface area (TPSA) is 128 Å². The van der Waals surface area contributed by atoms with E-state index in [-0.39, 0.29) is 29.0 Å². The van der Waals surface area contributed by atoms with Gasteiger partial charge in [-0.25, -0.2) is 9.59 Å². The van der Waals surface area contributed by atoms with Crippen molar-refractivity contribution < 1.29 is 29.1 Å². The van der Waals surface area contributed by atoms with Crippen molar-refractivity contribution in [1.29, 1.82) is 0 Å². The van der Waals surface area contributed by atoms with E-state index in [2.05, 4.69) is 5.32 Å². The summed E-state index contributed by atoms with van der Waals surface area (Å²) >= 11 is 0. The summed E-state index contributed by atoms with van der Waals surface area (Å²) in [6.45, 7) is 4.43. The number of allylic oxidation sites excluding steroid dienone is 2. The molecule has 0 fully saturated rings. The Morgan fingerprint density at radius 3 is 2.32 bits per heavy atom. The van der Waals surface area contributed by atoms with Gasteiger partial charge in [0, 0.05) is 23.0 Å². The van der Waals surface area contributed by atoms with Gasteiger partial charge in [-0.05, 0) is 20.8 Å². The number of hydrogen-bond donors (Lipinski definition) is 2. The van der Waals surface area contributed by atoms with Crippen molar-refractivity contribution in [1.82, 2.24) is 5.32 Å². The molecule has 2 N–H and O–H groups in total. The zero-order chi connectivity index (χ0) is 21.0. The van der Waals surface area contributed by atoms with E-state index in [0.717, 1.165) is 0 Å². The second-order valence-electron chi connectivity index (χ2n) is 6.39. The van der Waals surface area contributed by atoms with E-state index < -0.39 is 28.9 Å². The quantitative estimate of drug-likeness (QED) is 0.428. The molecule has 9 nitrogen and oxygen atoms in total. The number of esters is 2. The monoisotopic (exact) mass is 390 g/mol. The van der Waals surface area contributed by atoms with Crippen LogP contribution in [0, 0.1) is 10.1 Å². The third-order valence-corrected chi connectivity index (χ3v) is 4.29. The minimum atomic E-state index is -1.06. The molecule has 1 aromatic rings. The van der Waals surface area contributed by atoms with Gasteiger partial charge in [0.1, 0.15) is 6.61 Å². The molecule has 1 unspecified atom stereocenters. The van der Waals surface area contributed by atoms with Crippen LogP contribution in [-0.4, -0.2) is 41.8 Å². The second-order valence-corrected chi connectivity index (χ2v) is 6.39. The van der Waals surface area contributed by atoms with Gasteiger partial charge in [-0.1, -0.05) is 18.2 Å². The Morgan fingerprint density at radius 1 is 1.21 bits per heavy atom. The summed E-state index contributed by atoms with van der Waals surface area (Å²) in [6.07, 6.45) is -0.886. The number of ether oxygens (including phenoxy) is 2. The van der Waals surface area contributed by atoms with Crippen LogP contribution in [0.5, 0.6) is 0 Å². The molecule has 1 aliphatic heterocycles. The molecule has 0 saturated carbocycles. The van der Waals surface area contributed by atoms with Crippen molar-refractivity contribution >= 4 is 17.6 Å². The normalized spacial score (nSPS) is 17.7. The smallest absolute Gasteiger partial charge is 0.336 e. The third-order valence-electron chi connectivity index (χ3n) is 4.29. The molecule has 0 amide bonds. The zero-order valence-electron chi connectivity index (χ0n) is 16.0. The fourth-order valence-electron chi connectivity index (χ4n) is 3.13. The average molecular weight is 390 g/mol. The highest BCUT2D eigenvalue weighted by Gasteiger charge is 2.40. The molecule has 0 aliphatic carbocycles. The number of nitrogens with zero attached hydrogens (tertiary/aromatic N) is 1. The number of nitrogens with one attached hydrogen (secondary N) is 1. The molecule has 28 heavy (non-hydrogen) atoms. The lowest BCUT2D eigenvalue weighted by Crippen LogP contribution is -2.33. The van der Waals surface area contributed by atoms with Crippen LogP contribution in [0.25, 0.3) is 0 Å². The first-order chi connectivity index (χ1) is 13.2. The molecule has 150 valence electrons. The third kappa shape index (κ3) is 4.20. The lowest BCUT2D eigenvalue weighted by atomic mass is 9.79. The number of dihydropyridines is 1. The van der Waals surface area contributed by atoms with Gasteiger partial charge in [0.05, 0.1) is 35.2 Å². The van der Waals surface area contributed by atoms with E-state index in [4.69, 9.17) is 9.47 Å². The average Bonchev–Trinajstić information content (AvgIpc) is 2.64. The molecule has 0 radical (unpaired) electrons. The summed E-state index contributed by atoms with van der Waals surface area (Å²) in [7, 11) is 1.19. The summed E-state index contributed by atoms with van der Waals surface area (Å²) in [4.78, 5) is 36.2. The molecular weight excluding hydrogens is 368 g/mol. The van der Waals surface area contributed by atoms with Gasteiger partial charge >= 0.3 is 11.9 Å². The Labute approximate surface area is 161 Å². The standard InChI is InChI=1S/C19H22N2O7/c1-10(22)9-28-19(24)16-12(3)20-11(2)15(18(23)27-4)17(16)13-7-5-6-8-14(13)21(25)26/h5-8,10,17,20,22H,9H2,1-4H3/t10?,17-/m1/s1. The number of nitro groups is 1. The van der Waals surface area contributed by atoms with Crippen molar-refractivity contribution in [2.75, 3.05) is 13.7 Å². The van der Waals surface area contributed by atoms with Crippen LogP contribution in [0.2, 0.25) is 0 Å². The zero-order valence-corrected chi connectivity index (χ0v) is 16.0. The van der Waals surface area contributed by atoms with E-state index in [1.165, 1.54) is 32.2 Å². The Morgan fingerprint density at radius 2 is 1.79 bits per heavy atom. The highest BCUT2D eigenvalue weighted by molar-refractivity contribution is 6.00. The van der Waals surface area contributed by atoms with Crippen molar-refractivity contribution in [3.8, 4) is 0 Å². The fraction of sp³-hybridized carbons (Fsp3) is 0.368. The number of benzene rings is 1. The largest absolute Gasteiger partial charge is 0.466 e. The maximum absolute atomic E-state index is 12.8. The first kappa shape index (κ1) is 21.1. The number of nitro benzene ring substituents is 1. The molecule has 2 atom stereocenters. The van der Waals surface area contributed by atoms with Gasteiger partial charge in [-0.3, -0.25) is 10.1 Å². The van der Waals surface area contributed by atoms with Crippen LogP contribution in [-0.2, 0) is 19.1 Å². The second kappa shape index (κ2) is 8.66. The molecule has 0 spiro atoms. The molecule has 1 aromatic carbocycles. The summed E-state index contributed by atoms with van der Waals surface area (Å²) in [5.41, 5.74) is 0.852. The number of rotatable bonds is 6. The minimum absolute atomic E-state index is 0.0425. The van der Waals surface area contributed by atoms with Gasteiger partial charge in [0.15, 0.2) is 0 Å². The molecule has 9 heteroatoms. The number of hydrogen-bond acceptors (Lipinski definition) is 8. The summed E-state index contributed by atoms with van der Waals surface area (Å²) < 4.78 is 9.98. The van der Waals surface area contributed by atoms with Gasteiger partial charge in [0.2, 0.25) is 0 Å². The van der Waals surface area contributed by atoms with Gasteiger partial charge in [-0.15, -0.1) is 0 Å². The lowest BCUT2D eigenvalue weighted by Gasteiger charge is -2.30. The number of para-hydroxylation sites is 1. The van der Waals surface area contributed by atoms with E-state index in [1.54, 1.807) is 19.9 Å². The molecular formula is C19H22N2O7. The molecule has 2 rings (SSSR count). The maximum Gasteiger partial charge on any atom is 0.336 e. The first-order valence-corrected chi connectivity index (χ1v) is 8.54. The Balaban J connectivity index is 2.69. The van der Waals surface area contributed by atoms with E-state index in [0.29, 0.717) is 11.4 Å². The van der Waals surface area contributed by atoms with E-state index in [9.17, 15) is 24.8 Å². The predicted octanol–water partition coefficient (Wildman–Crippen LogP) is 1.93. The van der Waals surface area contributed by atoms with Crippen LogP contribution in [0.15, 0.2) is 46.8 Å². The molecule has 0 bridgehead atoms.